The molecule has 1 saturated heterocycles. The summed E-state index contributed by atoms with van der Waals surface area (Å²) in [4.78, 5) is 14.0. The van der Waals surface area contributed by atoms with E-state index in [0.717, 1.165) is 19.6 Å². The van der Waals surface area contributed by atoms with Gasteiger partial charge in [-0.05, 0) is 57.9 Å². The minimum atomic E-state index is -0.406. The number of rotatable bonds is 1. The van der Waals surface area contributed by atoms with Gasteiger partial charge in [0.2, 0.25) is 0 Å². The summed E-state index contributed by atoms with van der Waals surface area (Å²) < 4.78 is 5.47. The van der Waals surface area contributed by atoms with Crippen molar-refractivity contribution in [3.05, 3.63) is 0 Å². The normalized spacial score (nSPS) is 32.2. The minimum Gasteiger partial charge on any atom is -0.444 e. The van der Waals surface area contributed by atoms with Crippen LogP contribution in [0.2, 0.25) is 0 Å². The molecule has 104 valence electrons. The van der Waals surface area contributed by atoms with Crippen molar-refractivity contribution in [2.75, 3.05) is 19.6 Å². The summed E-state index contributed by atoms with van der Waals surface area (Å²) in [7, 11) is 0. The zero-order chi connectivity index (χ0) is 13.3. The summed E-state index contributed by atoms with van der Waals surface area (Å²) in [5.41, 5.74) is 5.48. The molecular formula is C14H26N2O2. The number of amides is 1. The van der Waals surface area contributed by atoms with Crippen molar-refractivity contribution in [3.63, 3.8) is 0 Å². The summed E-state index contributed by atoms with van der Waals surface area (Å²) in [6.07, 6.45) is 3.54. The van der Waals surface area contributed by atoms with Crippen molar-refractivity contribution < 1.29 is 9.53 Å². The zero-order valence-corrected chi connectivity index (χ0v) is 11.8. The fourth-order valence-electron chi connectivity index (χ4n) is 3.41. The average molecular weight is 254 g/mol. The van der Waals surface area contributed by atoms with Crippen molar-refractivity contribution >= 4 is 6.09 Å². The fourth-order valence-corrected chi connectivity index (χ4v) is 3.41. The first kappa shape index (κ1) is 13.7. The summed E-state index contributed by atoms with van der Waals surface area (Å²) >= 11 is 0. The molecule has 0 radical (unpaired) electrons. The van der Waals surface area contributed by atoms with Gasteiger partial charge in [0.25, 0.3) is 0 Å². The van der Waals surface area contributed by atoms with E-state index < -0.39 is 5.60 Å². The molecule has 0 aromatic carbocycles. The van der Waals surface area contributed by atoms with Gasteiger partial charge in [0.15, 0.2) is 0 Å². The summed E-state index contributed by atoms with van der Waals surface area (Å²) in [5.74, 6) is 1.77. The maximum absolute atomic E-state index is 12.1. The molecule has 2 fully saturated rings. The van der Waals surface area contributed by atoms with E-state index in [9.17, 15) is 4.79 Å². The Bertz CT molecular complexity index is 297. The Morgan fingerprint density at radius 1 is 1.28 bits per heavy atom. The highest BCUT2D eigenvalue weighted by atomic mass is 16.6. The third-order valence-electron chi connectivity index (χ3n) is 4.19. The van der Waals surface area contributed by atoms with E-state index in [-0.39, 0.29) is 6.09 Å². The van der Waals surface area contributed by atoms with Crippen LogP contribution in [0.5, 0.6) is 0 Å². The molecular weight excluding hydrogens is 228 g/mol. The second kappa shape index (κ2) is 5.08. The maximum Gasteiger partial charge on any atom is 0.410 e. The van der Waals surface area contributed by atoms with Gasteiger partial charge in [-0.2, -0.15) is 0 Å². The van der Waals surface area contributed by atoms with Gasteiger partial charge in [-0.3, -0.25) is 0 Å². The number of nitrogens with zero attached hydrogens (tertiary/aromatic N) is 1. The van der Waals surface area contributed by atoms with Crippen LogP contribution in [0.15, 0.2) is 0 Å². The third kappa shape index (κ3) is 2.97. The predicted octanol–water partition coefficient (Wildman–Crippen LogP) is 2.23. The molecule has 1 aliphatic heterocycles. The largest absolute Gasteiger partial charge is 0.444 e. The first-order valence-electron chi connectivity index (χ1n) is 7.08. The monoisotopic (exact) mass is 254 g/mol. The standard InChI is InChI=1S/C14H26N2O2/c1-14(2,3)18-13(17)16-8-10-5-4-6-11(9-16)12(10)7-15/h10-12H,4-9,15H2,1-3H3. The van der Waals surface area contributed by atoms with E-state index >= 15 is 0 Å². The third-order valence-corrected chi connectivity index (χ3v) is 4.19. The molecule has 4 heteroatoms. The van der Waals surface area contributed by atoms with Gasteiger partial charge >= 0.3 is 6.09 Å². The first-order chi connectivity index (χ1) is 8.40. The number of fused-ring (bicyclic) bond motifs is 2. The molecule has 1 aliphatic carbocycles. The van der Waals surface area contributed by atoms with E-state index in [1.807, 2.05) is 25.7 Å². The molecule has 0 aromatic heterocycles. The molecule has 2 N–H and O–H groups in total. The van der Waals surface area contributed by atoms with Crippen molar-refractivity contribution in [1.82, 2.24) is 4.90 Å². The molecule has 18 heavy (non-hydrogen) atoms. The van der Waals surface area contributed by atoms with E-state index in [0.29, 0.717) is 17.8 Å². The molecule has 2 bridgehead atoms. The lowest BCUT2D eigenvalue weighted by Gasteiger charge is -2.47. The first-order valence-corrected chi connectivity index (χ1v) is 7.08. The van der Waals surface area contributed by atoms with E-state index in [2.05, 4.69) is 0 Å². The van der Waals surface area contributed by atoms with Crippen LogP contribution in [-0.4, -0.2) is 36.2 Å². The lowest BCUT2D eigenvalue weighted by molar-refractivity contribution is -0.0136. The fraction of sp³-hybridized carbons (Fsp3) is 0.929. The molecule has 2 atom stereocenters. The highest BCUT2D eigenvalue weighted by molar-refractivity contribution is 5.68. The minimum absolute atomic E-state index is 0.158. The Kier molecular flexibility index (Phi) is 3.85. The van der Waals surface area contributed by atoms with Crippen molar-refractivity contribution in [1.29, 1.82) is 0 Å². The lowest BCUT2D eigenvalue weighted by atomic mass is 9.69. The van der Waals surface area contributed by atoms with Crippen LogP contribution in [0.3, 0.4) is 0 Å². The van der Waals surface area contributed by atoms with Gasteiger partial charge < -0.3 is 15.4 Å². The number of carbonyl (C=O) groups excluding carboxylic acids is 1. The lowest BCUT2D eigenvalue weighted by Crippen LogP contribution is -2.53. The smallest absolute Gasteiger partial charge is 0.410 e. The summed E-state index contributed by atoms with van der Waals surface area (Å²) in [5, 5.41) is 0. The van der Waals surface area contributed by atoms with Gasteiger partial charge in [-0.1, -0.05) is 6.42 Å². The number of hydrogen-bond donors (Lipinski definition) is 1. The highest BCUT2D eigenvalue weighted by Crippen LogP contribution is 2.39. The van der Waals surface area contributed by atoms with Crippen LogP contribution in [0.25, 0.3) is 0 Å². The van der Waals surface area contributed by atoms with Crippen LogP contribution < -0.4 is 5.73 Å². The molecule has 1 amide bonds. The highest BCUT2D eigenvalue weighted by Gasteiger charge is 2.40. The van der Waals surface area contributed by atoms with Crippen molar-refractivity contribution in [2.45, 2.75) is 45.6 Å². The molecule has 1 saturated carbocycles. The molecule has 0 spiro atoms. The quantitative estimate of drug-likeness (QED) is 0.780. The Balaban J connectivity index is 1.99. The van der Waals surface area contributed by atoms with E-state index in [4.69, 9.17) is 10.5 Å². The Labute approximate surface area is 110 Å². The van der Waals surface area contributed by atoms with Gasteiger partial charge in [0.1, 0.15) is 5.60 Å². The van der Waals surface area contributed by atoms with Gasteiger partial charge in [0, 0.05) is 13.1 Å². The van der Waals surface area contributed by atoms with Crippen LogP contribution >= 0.6 is 0 Å². The van der Waals surface area contributed by atoms with Crippen molar-refractivity contribution in [2.24, 2.45) is 23.5 Å². The number of ether oxygens (including phenoxy) is 1. The number of carbonyl (C=O) groups is 1. The predicted molar refractivity (Wildman–Crippen MR) is 71.2 cm³/mol. The van der Waals surface area contributed by atoms with E-state index in [1.54, 1.807) is 0 Å². The zero-order valence-electron chi connectivity index (χ0n) is 11.8. The number of likely N-dealkylation sites (tertiary alicyclic amines) is 1. The molecule has 2 rings (SSSR count). The Hall–Kier alpha value is -0.770. The topological polar surface area (TPSA) is 55.6 Å². The number of piperidine rings is 1. The average Bonchev–Trinajstić information content (AvgIpc) is 2.24. The Morgan fingerprint density at radius 2 is 1.83 bits per heavy atom. The second-order valence-electron chi connectivity index (χ2n) is 6.74. The maximum atomic E-state index is 12.1. The van der Waals surface area contributed by atoms with Crippen LogP contribution in [0.4, 0.5) is 4.79 Å². The van der Waals surface area contributed by atoms with Gasteiger partial charge in [0.05, 0.1) is 0 Å². The van der Waals surface area contributed by atoms with Crippen LogP contribution in [0, 0.1) is 17.8 Å². The van der Waals surface area contributed by atoms with Crippen LogP contribution in [-0.2, 0) is 4.74 Å². The van der Waals surface area contributed by atoms with Crippen molar-refractivity contribution in [3.8, 4) is 0 Å². The molecule has 0 aromatic rings. The molecule has 2 aliphatic rings. The second-order valence-corrected chi connectivity index (χ2v) is 6.74. The van der Waals surface area contributed by atoms with E-state index in [1.165, 1.54) is 19.3 Å². The Morgan fingerprint density at radius 3 is 2.28 bits per heavy atom. The molecule has 4 nitrogen and oxygen atoms in total. The molecule has 1 heterocycles. The summed E-state index contributed by atoms with van der Waals surface area (Å²) in [6, 6.07) is 0. The number of hydrogen-bond acceptors (Lipinski definition) is 3. The summed E-state index contributed by atoms with van der Waals surface area (Å²) in [6.45, 7) is 8.16. The SMILES string of the molecule is CC(C)(C)OC(=O)N1CC2CCCC(C1)C2CN. The number of nitrogens with two attached hydrogens (primary N) is 1. The van der Waals surface area contributed by atoms with Gasteiger partial charge in [-0.15, -0.1) is 0 Å². The van der Waals surface area contributed by atoms with Crippen LogP contribution in [0.1, 0.15) is 40.0 Å². The molecule has 2 unspecified atom stereocenters. The van der Waals surface area contributed by atoms with Gasteiger partial charge in [-0.25, -0.2) is 4.79 Å².